The molecule has 1 unspecified atom stereocenters. The summed E-state index contributed by atoms with van der Waals surface area (Å²) in [6.07, 6.45) is 3.32. The monoisotopic (exact) mass is 716 g/mol. The molecular formula is C36H34Cl2N6O4S. The molecule has 4 N–H and O–H groups in total. The second kappa shape index (κ2) is 13.9. The van der Waals surface area contributed by atoms with Gasteiger partial charge in [-0.25, -0.2) is 9.97 Å². The van der Waals surface area contributed by atoms with E-state index in [2.05, 4.69) is 25.8 Å². The van der Waals surface area contributed by atoms with Gasteiger partial charge >= 0.3 is 5.97 Å². The van der Waals surface area contributed by atoms with Crippen molar-refractivity contribution in [2.75, 3.05) is 38.6 Å². The number of aromatic nitrogens is 2. The highest BCUT2D eigenvalue weighted by Gasteiger charge is 2.43. The Morgan fingerprint density at radius 1 is 1.10 bits per heavy atom. The Bertz CT molecular complexity index is 2070. The third-order valence-electron chi connectivity index (χ3n) is 9.13. The molecule has 3 aromatic heterocycles. The van der Waals surface area contributed by atoms with Crippen LogP contribution in [-0.2, 0) is 22.7 Å². The van der Waals surface area contributed by atoms with Gasteiger partial charge in [-0.3, -0.25) is 14.5 Å². The van der Waals surface area contributed by atoms with Crippen molar-refractivity contribution in [2.24, 2.45) is 5.41 Å². The maximum atomic E-state index is 11.9. The molecular weight excluding hydrogens is 683 g/mol. The van der Waals surface area contributed by atoms with Crippen LogP contribution in [0.3, 0.4) is 0 Å². The lowest BCUT2D eigenvalue weighted by Crippen LogP contribution is -2.29. The van der Waals surface area contributed by atoms with Crippen LogP contribution in [0.5, 0.6) is 5.88 Å². The highest BCUT2D eigenvalue weighted by Crippen LogP contribution is 2.43. The summed E-state index contributed by atoms with van der Waals surface area (Å²) in [5.74, 6) is 0.427. The molecule has 252 valence electrons. The van der Waals surface area contributed by atoms with E-state index in [1.165, 1.54) is 0 Å². The Kier molecular flexibility index (Phi) is 9.45. The number of fused-ring (bicyclic) bond motifs is 1. The lowest BCUT2D eigenvalue weighted by molar-refractivity contribution is -0.136. The number of carbonyl (C=O) groups excluding carboxylic acids is 1. The Labute approximate surface area is 297 Å². The van der Waals surface area contributed by atoms with Gasteiger partial charge in [0.1, 0.15) is 5.82 Å². The molecule has 13 heteroatoms. The average molecular weight is 718 g/mol. The summed E-state index contributed by atoms with van der Waals surface area (Å²) < 4.78 is 6.77. The highest BCUT2D eigenvalue weighted by atomic mass is 35.5. The molecule has 2 aliphatic heterocycles. The molecule has 7 rings (SSSR count). The Morgan fingerprint density at radius 3 is 2.67 bits per heavy atom. The van der Waals surface area contributed by atoms with Crippen molar-refractivity contribution < 1.29 is 19.4 Å². The predicted octanol–water partition coefficient (Wildman–Crippen LogP) is 6.97. The number of nitrogens with one attached hydrogen (secondary N) is 3. The van der Waals surface area contributed by atoms with Crippen molar-refractivity contribution in [2.45, 2.75) is 25.9 Å². The number of amides is 1. The van der Waals surface area contributed by atoms with E-state index >= 15 is 0 Å². The van der Waals surface area contributed by atoms with Crippen LogP contribution in [0.4, 0.5) is 11.5 Å². The molecule has 0 bridgehead atoms. The number of benzene rings is 2. The van der Waals surface area contributed by atoms with Gasteiger partial charge < -0.3 is 25.8 Å². The van der Waals surface area contributed by atoms with Crippen LogP contribution in [0.2, 0.25) is 10.0 Å². The molecule has 5 aromatic rings. The fraction of sp³-hybridized carbons (Fsp3) is 0.278. The average Bonchev–Trinajstić information content (AvgIpc) is 3.80. The number of thiophene rings is 1. The van der Waals surface area contributed by atoms with Crippen LogP contribution in [0, 0.1) is 5.41 Å². The number of hydrogen-bond donors (Lipinski definition) is 4. The summed E-state index contributed by atoms with van der Waals surface area (Å²) in [6.45, 7) is 3.55. The minimum absolute atomic E-state index is 0.0270. The van der Waals surface area contributed by atoms with Gasteiger partial charge in [0.05, 0.1) is 35.1 Å². The number of hydrogen-bond acceptors (Lipinski definition) is 9. The van der Waals surface area contributed by atoms with Gasteiger partial charge in [-0.1, -0.05) is 59.6 Å². The van der Waals surface area contributed by atoms with Crippen molar-refractivity contribution in [3.63, 3.8) is 0 Å². The van der Waals surface area contributed by atoms with Gasteiger partial charge in [0.2, 0.25) is 11.8 Å². The molecule has 1 spiro atoms. The number of carboxylic acid groups (broad SMARTS) is 1. The highest BCUT2D eigenvalue weighted by molar-refractivity contribution is 7.19. The summed E-state index contributed by atoms with van der Waals surface area (Å²) in [6, 6.07) is 19.5. The molecule has 2 aliphatic rings. The van der Waals surface area contributed by atoms with E-state index in [-0.39, 0.29) is 17.9 Å². The third kappa shape index (κ3) is 6.95. The topological polar surface area (TPSA) is 129 Å². The first-order valence-corrected chi connectivity index (χ1v) is 17.5. The van der Waals surface area contributed by atoms with Crippen molar-refractivity contribution in [1.29, 1.82) is 0 Å². The standard InChI is InChI=1S/C36H34Cl2N6O4S/c1-48-35-21(18-44-13-11-36(20-44)15-30(45)41-19-36)8-9-27(43-35)25-6-2-4-23(32(25)37)24-5-3-7-28(33(24)38)42-34-26-14-22(16-39-17-31(46)47)49-29(26)10-12-40-34/h2-10,12,14,39H,11,13,15-20H2,1H3,(H,40,42)(H,41,45)(H,46,47). The Hall–Kier alpha value is -4.26. The number of methoxy groups -OCH3 is 1. The molecule has 10 nitrogen and oxygen atoms in total. The summed E-state index contributed by atoms with van der Waals surface area (Å²) in [5, 5.41) is 20.2. The van der Waals surface area contributed by atoms with Gasteiger partial charge in [-0.15, -0.1) is 11.3 Å². The van der Waals surface area contributed by atoms with Crippen LogP contribution in [0.15, 0.2) is 66.9 Å². The van der Waals surface area contributed by atoms with E-state index in [0.717, 1.165) is 63.3 Å². The first-order chi connectivity index (χ1) is 23.7. The van der Waals surface area contributed by atoms with E-state index in [0.29, 0.717) is 52.6 Å². The minimum atomic E-state index is -0.900. The lowest BCUT2D eigenvalue weighted by atomic mass is 9.86. The normalized spacial score (nSPS) is 17.6. The largest absolute Gasteiger partial charge is 0.481 e. The Balaban J connectivity index is 1.12. The second-order valence-corrected chi connectivity index (χ2v) is 14.4. The molecule has 0 saturated carbocycles. The van der Waals surface area contributed by atoms with Crippen LogP contribution in [0.1, 0.15) is 23.3 Å². The number of anilines is 2. The van der Waals surface area contributed by atoms with E-state index < -0.39 is 5.97 Å². The van der Waals surface area contributed by atoms with Crippen molar-refractivity contribution in [3.8, 4) is 28.3 Å². The summed E-state index contributed by atoms with van der Waals surface area (Å²) in [7, 11) is 1.62. The summed E-state index contributed by atoms with van der Waals surface area (Å²) in [4.78, 5) is 35.6. The number of carboxylic acids is 1. The molecule has 0 aliphatic carbocycles. The van der Waals surface area contributed by atoms with Crippen molar-refractivity contribution in [3.05, 3.63) is 87.3 Å². The van der Waals surface area contributed by atoms with Gasteiger partial charge in [-0.05, 0) is 37.2 Å². The zero-order chi connectivity index (χ0) is 34.1. The van der Waals surface area contributed by atoms with E-state index in [9.17, 15) is 9.59 Å². The number of carbonyl (C=O) groups is 2. The number of rotatable bonds is 11. The molecule has 0 radical (unpaired) electrons. The number of nitrogens with zero attached hydrogens (tertiary/aromatic N) is 3. The first-order valence-electron chi connectivity index (χ1n) is 15.9. The number of aliphatic carboxylic acids is 1. The maximum Gasteiger partial charge on any atom is 0.317 e. The summed E-state index contributed by atoms with van der Waals surface area (Å²) >= 11 is 15.7. The smallest absolute Gasteiger partial charge is 0.317 e. The molecule has 5 heterocycles. The lowest BCUT2D eigenvalue weighted by Gasteiger charge is -2.22. The number of ether oxygens (including phenoxy) is 1. The van der Waals surface area contributed by atoms with Gasteiger partial charge in [0.25, 0.3) is 0 Å². The van der Waals surface area contributed by atoms with Crippen molar-refractivity contribution in [1.82, 2.24) is 25.5 Å². The zero-order valence-corrected chi connectivity index (χ0v) is 29.0. The summed E-state index contributed by atoms with van der Waals surface area (Å²) in [5.41, 5.74) is 4.62. The molecule has 1 atom stereocenters. The predicted molar refractivity (Wildman–Crippen MR) is 194 cm³/mol. The fourth-order valence-electron chi connectivity index (χ4n) is 6.76. The maximum absolute atomic E-state index is 11.9. The van der Waals surface area contributed by atoms with E-state index in [1.807, 2.05) is 60.7 Å². The molecule has 1 amide bonds. The molecule has 2 fully saturated rings. The second-order valence-electron chi connectivity index (χ2n) is 12.5. The molecule has 49 heavy (non-hydrogen) atoms. The van der Waals surface area contributed by atoms with Crippen LogP contribution in [0.25, 0.3) is 32.5 Å². The fourth-order valence-corrected chi connectivity index (χ4v) is 8.38. The Morgan fingerprint density at radius 2 is 1.90 bits per heavy atom. The van der Waals surface area contributed by atoms with E-state index in [1.54, 1.807) is 24.6 Å². The molecule has 2 aromatic carbocycles. The van der Waals surface area contributed by atoms with Gasteiger partial charge in [-0.2, -0.15) is 0 Å². The first kappa shape index (κ1) is 33.2. The van der Waals surface area contributed by atoms with Crippen LogP contribution < -0.4 is 20.7 Å². The van der Waals surface area contributed by atoms with Gasteiger partial charge in [0.15, 0.2) is 0 Å². The number of likely N-dealkylation sites (tertiary alicyclic amines) is 1. The third-order valence-corrected chi connectivity index (χ3v) is 11.0. The van der Waals surface area contributed by atoms with Crippen LogP contribution >= 0.6 is 34.5 Å². The minimum Gasteiger partial charge on any atom is -0.481 e. The number of halogens is 2. The molecule has 2 saturated heterocycles. The zero-order valence-electron chi connectivity index (χ0n) is 26.7. The quantitative estimate of drug-likeness (QED) is 0.115. The van der Waals surface area contributed by atoms with E-state index in [4.69, 9.17) is 38.0 Å². The number of pyridine rings is 2. The van der Waals surface area contributed by atoms with Crippen molar-refractivity contribution >= 4 is 68.0 Å². The SMILES string of the molecule is COc1nc(-c2cccc(-c3cccc(Nc4nccc5sc(CNCC(=O)O)cc45)c3Cl)c2Cl)ccc1CN1CCC2(CNC(=O)C2)C1. The van der Waals surface area contributed by atoms with Gasteiger partial charge in [0, 0.05) is 81.4 Å². The van der Waals surface area contributed by atoms with Crippen LogP contribution in [-0.4, -0.2) is 65.1 Å².